The number of hydrogen-bond acceptors (Lipinski definition) is 6. The molecule has 1 N–H and O–H groups in total. The van der Waals surface area contributed by atoms with Gasteiger partial charge >= 0.3 is 5.97 Å². The lowest BCUT2D eigenvalue weighted by molar-refractivity contribution is -0.150. The van der Waals surface area contributed by atoms with E-state index in [0.29, 0.717) is 23.6 Å². The first-order valence-corrected chi connectivity index (χ1v) is 9.64. The van der Waals surface area contributed by atoms with E-state index in [0.717, 1.165) is 22.7 Å². The first-order valence-electron chi connectivity index (χ1n) is 7.95. The zero-order valence-electron chi connectivity index (χ0n) is 13.7. The molecule has 1 aliphatic carbocycles. The van der Waals surface area contributed by atoms with Gasteiger partial charge in [-0.3, -0.25) is 4.79 Å². The van der Waals surface area contributed by atoms with Crippen LogP contribution in [0.2, 0.25) is 0 Å². The quantitative estimate of drug-likeness (QED) is 0.840. The van der Waals surface area contributed by atoms with Crippen LogP contribution in [0.15, 0.2) is 23.7 Å². The number of amides is 1. The third-order valence-electron chi connectivity index (χ3n) is 4.52. The molecule has 128 valence electrons. The highest BCUT2D eigenvalue weighted by molar-refractivity contribution is 7.22. The van der Waals surface area contributed by atoms with Crippen LogP contribution < -0.4 is 5.32 Å². The van der Waals surface area contributed by atoms with Crippen LogP contribution in [-0.2, 0) is 9.53 Å². The summed E-state index contributed by atoms with van der Waals surface area (Å²) in [7, 11) is 1.37. The lowest BCUT2D eigenvalue weighted by atomic mass is 9.77. The highest BCUT2D eigenvalue weighted by Gasteiger charge is 2.43. The number of ether oxygens (including phenoxy) is 1. The molecule has 2 aromatic heterocycles. The van der Waals surface area contributed by atoms with Crippen LogP contribution in [0.1, 0.15) is 42.3 Å². The van der Waals surface area contributed by atoms with Crippen LogP contribution in [0.25, 0.3) is 9.88 Å². The first-order chi connectivity index (χ1) is 11.5. The smallest absolute Gasteiger partial charge is 0.331 e. The number of aromatic nitrogens is 1. The summed E-state index contributed by atoms with van der Waals surface area (Å²) >= 11 is 2.93. The Labute approximate surface area is 149 Å². The molecular formula is C17H20N2O3S2. The fraction of sp³-hybridized carbons (Fsp3) is 0.471. The van der Waals surface area contributed by atoms with Crippen molar-refractivity contribution in [1.29, 1.82) is 0 Å². The highest BCUT2D eigenvalue weighted by Crippen LogP contribution is 2.34. The predicted octanol–water partition coefficient (Wildman–Crippen LogP) is 3.72. The zero-order valence-corrected chi connectivity index (χ0v) is 15.3. The summed E-state index contributed by atoms with van der Waals surface area (Å²) in [6.07, 6.45) is 4.61. The lowest BCUT2D eigenvalue weighted by Gasteiger charge is -2.37. The van der Waals surface area contributed by atoms with Gasteiger partial charge in [0.25, 0.3) is 5.91 Å². The molecule has 24 heavy (non-hydrogen) atoms. The van der Waals surface area contributed by atoms with E-state index >= 15 is 0 Å². The fourth-order valence-corrected chi connectivity index (χ4v) is 4.62. The van der Waals surface area contributed by atoms with Crippen LogP contribution in [0.5, 0.6) is 0 Å². The van der Waals surface area contributed by atoms with Gasteiger partial charge in [0.1, 0.15) is 15.4 Å². The Morgan fingerprint density at radius 1 is 1.38 bits per heavy atom. The monoisotopic (exact) mass is 364 g/mol. The minimum atomic E-state index is -0.911. The van der Waals surface area contributed by atoms with Gasteiger partial charge in [0.2, 0.25) is 0 Å². The third-order valence-corrected chi connectivity index (χ3v) is 6.55. The van der Waals surface area contributed by atoms with Crippen molar-refractivity contribution >= 4 is 34.6 Å². The van der Waals surface area contributed by atoms with Crippen molar-refractivity contribution in [3.8, 4) is 9.88 Å². The largest absolute Gasteiger partial charge is 0.467 e. The predicted molar refractivity (Wildman–Crippen MR) is 95.3 cm³/mol. The van der Waals surface area contributed by atoms with E-state index < -0.39 is 5.54 Å². The average Bonchev–Trinajstić information content (AvgIpc) is 3.27. The number of hydrogen-bond donors (Lipinski definition) is 1. The molecule has 0 aromatic carbocycles. The molecule has 0 atom stereocenters. The molecule has 1 fully saturated rings. The number of carbonyl (C=O) groups excluding carboxylic acids is 2. The second kappa shape index (κ2) is 7.03. The van der Waals surface area contributed by atoms with Gasteiger partial charge in [-0.15, -0.1) is 22.7 Å². The van der Waals surface area contributed by atoms with Gasteiger partial charge in [-0.2, -0.15) is 0 Å². The standard InChI is InChI=1S/C17H20N2O3S2/c1-11-5-7-17(8-6-11,16(21)22-2)19-14(20)13-10-18-15(24-13)12-4-3-9-23-12/h3-4,9-11H,5-8H2,1-2H3,(H,19,20). The van der Waals surface area contributed by atoms with Crippen molar-refractivity contribution in [3.63, 3.8) is 0 Å². The van der Waals surface area contributed by atoms with E-state index in [1.165, 1.54) is 18.4 Å². The van der Waals surface area contributed by atoms with Crippen molar-refractivity contribution in [2.75, 3.05) is 7.11 Å². The molecule has 2 aromatic rings. The topological polar surface area (TPSA) is 68.3 Å². The molecule has 0 spiro atoms. The highest BCUT2D eigenvalue weighted by atomic mass is 32.1. The molecular weight excluding hydrogens is 344 g/mol. The van der Waals surface area contributed by atoms with Crippen LogP contribution >= 0.6 is 22.7 Å². The van der Waals surface area contributed by atoms with E-state index in [1.807, 2.05) is 17.5 Å². The Morgan fingerprint density at radius 2 is 2.12 bits per heavy atom. The number of nitrogens with zero attached hydrogens (tertiary/aromatic N) is 1. The lowest BCUT2D eigenvalue weighted by Crippen LogP contribution is -2.56. The number of thiazole rings is 1. The first kappa shape index (κ1) is 17.1. The molecule has 0 unspecified atom stereocenters. The van der Waals surface area contributed by atoms with Crippen molar-refractivity contribution in [2.45, 2.75) is 38.1 Å². The Kier molecular flexibility index (Phi) is 5.01. The van der Waals surface area contributed by atoms with Crippen molar-refractivity contribution in [2.24, 2.45) is 5.92 Å². The van der Waals surface area contributed by atoms with Gasteiger partial charge in [-0.05, 0) is 43.0 Å². The van der Waals surface area contributed by atoms with Gasteiger partial charge in [0.05, 0.1) is 18.2 Å². The zero-order chi connectivity index (χ0) is 17.2. The summed E-state index contributed by atoms with van der Waals surface area (Å²) in [4.78, 5) is 30.8. The minimum absolute atomic E-state index is 0.254. The number of esters is 1. The Bertz CT molecular complexity index is 716. The number of methoxy groups -OCH3 is 1. The number of thiophene rings is 1. The summed E-state index contributed by atoms with van der Waals surface area (Å²) in [5.74, 6) is -0.0467. The number of nitrogens with one attached hydrogen (secondary N) is 1. The molecule has 0 aliphatic heterocycles. The Hall–Kier alpha value is -1.73. The van der Waals surface area contributed by atoms with E-state index in [2.05, 4.69) is 17.2 Å². The maximum Gasteiger partial charge on any atom is 0.331 e. The van der Waals surface area contributed by atoms with Gasteiger partial charge in [0, 0.05) is 0 Å². The van der Waals surface area contributed by atoms with Crippen LogP contribution in [0.3, 0.4) is 0 Å². The fourth-order valence-electron chi connectivity index (χ4n) is 3.00. The number of rotatable bonds is 4. The van der Waals surface area contributed by atoms with E-state index in [-0.39, 0.29) is 11.9 Å². The summed E-state index contributed by atoms with van der Waals surface area (Å²) < 4.78 is 4.96. The van der Waals surface area contributed by atoms with E-state index in [9.17, 15) is 9.59 Å². The summed E-state index contributed by atoms with van der Waals surface area (Å²) in [5.41, 5.74) is -0.911. The van der Waals surface area contributed by atoms with Crippen LogP contribution in [0.4, 0.5) is 0 Å². The Balaban J connectivity index is 1.77. The molecule has 1 amide bonds. The summed E-state index contributed by atoms with van der Waals surface area (Å²) in [6, 6.07) is 3.93. The second-order valence-corrected chi connectivity index (χ2v) is 8.20. The van der Waals surface area contributed by atoms with E-state index in [1.54, 1.807) is 17.5 Å². The van der Waals surface area contributed by atoms with Gasteiger partial charge in [-0.1, -0.05) is 13.0 Å². The number of carbonyl (C=O) groups is 2. The molecule has 2 heterocycles. The van der Waals surface area contributed by atoms with Crippen LogP contribution in [0, 0.1) is 5.92 Å². The van der Waals surface area contributed by atoms with Crippen molar-refractivity contribution in [1.82, 2.24) is 10.3 Å². The summed E-state index contributed by atoms with van der Waals surface area (Å²) in [5, 5.41) is 5.74. The minimum Gasteiger partial charge on any atom is -0.467 e. The molecule has 0 bridgehead atoms. The van der Waals surface area contributed by atoms with Crippen molar-refractivity contribution < 1.29 is 14.3 Å². The molecule has 0 radical (unpaired) electrons. The maximum absolute atomic E-state index is 12.7. The van der Waals surface area contributed by atoms with Gasteiger partial charge in [0.15, 0.2) is 0 Å². The molecule has 7 heteroatoms. The molecule has 0 saturated heterocycles. The molecule has 5 nitrogen and oxygen atoms in total. The average molecular weight is 364 g/mol. The van der Waals surface area contributed by atoms with E-state index in [4.69, 9.17) is 4.74 Å². The molecule has 1 saturated carbocycles. The SMILES string of the molecule is COC(=O)C1(NC(=O)c2cnc(-c3cccs3)s2)CCC(C)CC1. The third kappa shape index (κ3) is 3.37. The normalized spacial score (nSPS) is 23.7. The molecule has 3 rings (SSSR count). The second-order valence-electron chi connectivity index (χ2n) is 6.22. The molecule has 1 aliphatic rings. The Morgan fingerprint density at radius 3 is 2.75 bits per heavy atom. The van der Waals surface area contributed by atoms with Gasteiger partial charge < -0.3 is 10.1 Å². The summed E-state index contributed by atoms with van der Waals surface area (Å²) in [6.45, 7) is 2.17. The van der Waals surface area contributed by atoms with Gasteiger partial charge in [-0.25, -0.2) is 9.78 Å². The van der Waals surface area contributed by atoms with Crippen LogP contribution in [-0.4, -0.2) is 29.5 Å². The van der Waals surface area contributed by atoms with Crippen molar-refractivity contribution in [3.05, 3.63) is 28.6 Å². The maximum atomic E-state index is 12.7.